The van der Waals surface area contributed by atoms with Gasteiger partial charge >= 0.3 is 0 Å². The Bertz CT molecular complexity index is 1350. The Kier molecular flexibility index (Phi) is 21.8. The molecular weight excluding hydrogens is 638 g/mol. The van der Waals surface area contributed by atoms with Crippen LogP contribution < -0.4 is 16.8 Å². The number of H-pyrrole nitrogens is 1. The van der Waals surface area contributed by atoms with Crippen LogP contribution in [-0.2, 0) is 25.6 Å². The van der Waals surface area contributed by atoms with E-state index in [0.717, 1.165) is 35.7 Å². The molecule has 1 aromatic heterocycles. The van der Waals surface area contributed by atoms with E-state index >= 15 is 0 Å². The van der Waals surface area contributed by atoms with Crippen LogP contribution >= 0.6 is 0 Å². The second-order valence-electron chi connectivity index (χ2n) is 15.1. The van der Waals surface area contributed by atoms with Crippen LogP contribution in [0.2, 0.25) is 0 Å². The van der Waals surface area contributed by atoms with Gasteiger partial charge in [-0.1, -0.05) is 116 Å². The Morgan fingerprint density at radius 2 is 1.41 bits per heavy atom. The number of nitrogens with one attached hydrogen (secondary N) is 2. The minimum atomic E-state index is -0.803. The number of hydrogen-bond donors (Lipinski definition) is 4. The van der Waals surface area contributed by atoms with Crippen molar-refractivity contribution in [2.24, 2.45) is 34.2 Å². The summed E-state index contributed by atoms with van der Waals surface area (Å²) in [6, 6.07) is 7.11. The van der Waals surface area contributed by atoms with E-state index in [-0.39, 0.29) is 48.0 Å². The molecule has 1 aromatic carbocycles. The molecule has 0 unspecified atom stereocenters. The first-order valence-electron chi connectivity index (χ1n) is 20.0. The van der Waals surface area contributed by atoms with Crippen molar-refractivity contribution in [1.29, 1.82) is 0 Å². The summed E-state index contributed by atoms with van der Waals surface area (Å²) < 4.78 is 0. The minimum Gasteiger partial charge on any atom is -0.370 e. The van der Waals surface area contributed by atoms with Gasteiger partial charge in [0.2, 0.25) is 5.91 Å². The molecule has 0 bridgehead atoms. The monoisotopic (exact) mass is 708 g/mol. The number of rotatable bonds is 30. The topological polar surface area (TPSA) is 160 Å². The molecule has 1 amide bonds. The maximum Gasteiger partial charge on any atom is 0.224 e. The lowest BCUT2D eigenvalue weighted by Crippen LogP contribution is -2.45. The highest BCUT2D eigenvalue weighted by atomic mass is 16.2. The lowest BCUT2D eigenvalue weighted by atomic mass is 9.86. The van der Waals surface area contributed by atoms with Crippen molar-refractivity contribution in [2.45, 2.75) is 162 Å². The molecule has 0 saturated carbocycles. The number of aromatic nitrogens is 1. The number of para-hydroxylation sites is 1. The Labute approximate surface area is 308 Å². The molecule has 1 heterocycles. The molecule has 2 rings (SSSR count). The van der Waals surface area contributed by atoms with Gasteiger partial charge in [0.05, 0.1) is 6.04 Å². The highest BCUT2D eigenvalue weighted by Crippen LogP contribution is 2.24. The Morgan fingerprint density at radius 1 is 0.804 bits per heavy atom. The average molecular weight is 708 g/mol. The number of hydrogen-bond acceptors (Lipinski definition) is 5. The third kappa shape index (κ3) is 18.5. The zero-order chi connectivity index (χ0) is 37.4. The van der Waals surface area contributed by atoms with E-state index in [4.69, 9.17) is 11.5 Å². The van der Waals surface area contributed by atoms with Crippen molar-refractivity contribution in [3.8, 4) is 0 Å². The van der Waals surface area contributed by atoms with Crippen molar-refractivity contribution in [3.05, 3.63) is 36.0 Å². The van der Waals surface area contributed by atoms with Crippen molar-refractivity contribution in [2.75, 3.05) is 6.54 Å². The maximum atomic E-state index is 14.0. The number of ketones is 3. The van der Waals surface area contributed by atoms with Gasteiger partial charge in [-0.15, -0.1) is 0 Å². The fourth-order valence-electron chi connectivity index (χ4n) is 6.99. The van der Waals surface area contributed by atoms with Crippen LogP contribution in [0.1, 0.15) is 155 Å². The lowest BCUT2D eigenvalue weighted by Gasteiger charge is -2.24. The third-order valence-electron chi connectivity index (χ3n) is 9.97. The van der Waals surface area contributed by atoms with Gasteiger partial charge in [-0.3, -0.25) is 24.2 Å². The summed E-state index contributed by atoms with van der Waals surface area (Å²) in [5.41, 5.74) is 12.9. The number of fused-ring (bicyclic) bond motifs is 1. The number of nitrogens with zero attached hydrogens (tertiary/aromatic N) is 1. The maximum absolute atomic E-state index is 14.0. The number of aliphatic imine (C=N–C) groups is 1. The molecule has 0 saturated heterocycles. The van der Waals surface area contributed by atoms with Crippen LogP contribution in [0, 0.1) is 17.8 Å². The summed E-state index contributed by atoms with van der Waals surface area (Å²) in [6.45, 7) is 8.15. The largest absolute Gasteiger partial charge is 0.370 e. The molecule has 0 aliphatic carbocycles. The summed E-state index contributed by atoms with van der Waals surface area (Å²) in [6.07, 6.45) is 20.5. The summed E-state index contributed by atoms with van der Waals surface area (Å²) in [5, 5.41) is 4.03. The Hall–Kier alpha value is -3.49. The number of Topliss-reactive ketones (excluding diaryl/α,β-unsaturated/α-hetero) is 3. The highest BCUT2D eigenvalue weighted by Gasteiger charge is 2.30. The van der Waals surface area contributed by atoms with Gasteiger partial charge in [0, 0.05) is 54.7 Å². The summed E-state index contributed by atoms with van der Waals surface area (Å²) in [4.78, 5) is 60.8. The van der Waals surface area contributed by atoms with Crippen LogP contribution in [0.15, 0.2) is 35.5 Å². The smallest absolute Gasteiger partial charge is 0.224 e. The number of aromatic amines is 1. The molecule has 0 radical (unpaired) electrons. The molecule has 51 heavy (non-hydrogen) atoms. The highest BCUT2D eigenvalue weighted by molar-refractivity contribution is 5.94. The quantitative estimate of drug-likeness (QED) is 0.0362. The predicted octanol–water partition coefficient (Wildman–Crippen LogP) is 8.52. The van der Waals surface area contributed by atoms with Gasteiger partial charge in [-0.25, -0.2) is 0 Å². The van der Waals surface area contributed by atoms with Crippen LogP contribution in [0.25, 0.3) is 10.9 Å². The number of guanidine groups is 1. The van der Waals surface area contributed by atoms with Gasteiger partial charge in [0.1, 0.15) is 11.6 Å². The van der Waals surface area contributed by atoms with Gasteiger partial charge < -0.3 is 21.8 Å². The second kappa shape index (κ2) is 25.5. The van der Waals surface area contributed by atoms with Gasteiger partial charge in [-0.05, 0) is 56.6 Å². The van der Waals surface area contributed by atoms with Gasteiger partial charge in [0.15, 0.2) is 11.7 Å². The van der Waals surface area contributed by atoms with Crippen molar-refractivity contribution < 1.29 is 19.2 Å². The number of carbonyl (C=O) groups excluding carboxylic acids is 4. The first-order valence-corrected chi connectivity index (χ1v) is 20.0. The number of carbonyl (C=O) groups is 4. The minimum absolute atomic E-state index is 0.0291. The molecule has 0 fully saturated rings. The zero-order valence-corrected chi connectivity index (χ0v) is 32.3. The summed E-state index contributed by atoms with van der Waals surface area (Å²) >= 11 is 0. The van der Waals surface area contributed by atoms with Gasteiger partial charge in [-0.2, -0.15) is 0 Å². The van der Waals surface area contributed by atoms with E-state index in [0.29, 0.717) is 38.6 Å². The molecule has 6 N–H and O–H groups in total. The van der Waals surface area contributed by atoms with Crippen LogP contribution in [0.3, 0.4) is 0 Å². The molecule has 286 valence electrons. The third-order valence-corrected chi connectivity index (χ3v) is 9.97. The van der Waals surface area contributed by atoms with Gasteiger partial charge in [0.25, 0.3) is 0 Å². The summed E-state index contributed by atoms with van der Waals surface area (Å²) in [7, 11) is 0. The molecule has 9 nitrogen and oxygen atoms in total. The summed E-state index contributed by atoms with van der Waals surface area (Å²) in [5.74, 6) is -1.27. The molecule has 0 spiro atoms. The fourth-order valence-corrected chi connectivity index (χ4v) is 6.99. The number of unbranched alkanes of at least 4 members (excludes halogenated alkanes) is 12. The SMILES string of the molecule is CCCCCCCCCCCCCCCC(=O)C[C@H](Cc1c[nH]c2ccccc12)C(=O)N[C@@H](CCCN=C(N)N)C(=O)C[C@@H](CC(C)C)C(C)=O. The fraction of sp³-hybridized carbons (Fsp3) is 0.690. The lowest BCUT2D eigenvalue weighted by molar-refractivity contribution is -0.133. The standard InChI is InChI=1S/C42H69N5O4/c1-5-6-7-8-9-10-11-12-13-14-15-16-17-21-36(49)28-34(27-35-30-46-38-23-19-18-22-37(35)38)41(51)47-39(24-20-25-45-42(43)44)40(50)29-33(32(4)48)26-31(2)3/h18-19,22-23,30-31,33-34,39,46H,5-17,20-21,24-29H2,1-4H3,(H,47,51)(H4,43,44,45)/t33-,34+,39+/m1/s1. The van der Waals surface area contributed by atoms with Crippen molar-refractivity contribution in [1.82, 2.24) is 10.3 Å². The van der Waals surface area contributed by atoms with E-state index < -0.39 is 17.9 Å². The van der Waals surface area contributed by atoms with Crippen LogP contribution in [0.4, 0.5) is 0 Å². The molecule has 0 aliphatic rings. The first-order chi connectivity index (χ1) is 24.5. The van der Waals surface area contributed by atoms with E-state index in [1.165, 1.54) is 71.1 Å². The zero-order valence-electron chi connectivity index (χ0n) is 32.3. The number of amides is 1. The number of benzene rings is 1. The Balaban J connectivity index is 2.03. The number of nitrogens with two attached hydrogens (primary N) is 2. The molecule has 3 atom stereocenters. The second-order valence-corrected chi connectivity index (χ2v) is 15.1. The van der Waals surface area contributed by atoms with E-state index in [2.05, 4.69) is 22.2 Å². The molecular formula is C42H69N5O4. The predicted molar refractivity (Wildman–Crippen MR) is 211 cm³/mol. The Morgan fingerprint density at radius 3 is 2.00 bits per heavy atom. The van der Waals surface area contributed by atoms with E-state index in [1.807, 2.05) is 44.3 Å². The van der Waals surface area contributed by atoms with E-state index in [9.17, 15) is 19.2 Å². The van der Waals surface area contributed by atoms with Crippen molar-refractivity contribution >= 4 is 40.1 Å². The van der Waals surface area contributed by atoms with E-state index in [1.54, 1.807) is 0 Å². The molecule has 9 heteroatoms. The van der Waals surface area contributed by atoms with Crippen LogP contribution in [-0.4, -0.2) is 46.8 Å². The van der Waals surface area contributed by atoms with Crippen molar-refractivity contribution in [3.63, 3.8) is 0 Å². The first kappa shape index (κ1) is 43.7. The molecule has 0 aliphatic heterocycles. The van der Waals surface area contributed by atoms with Crippen LogP contribution in [0.5, 0.6) is 0 Å². The molecule has 2 aromatic rings. The normalized spacial score (nSPS) is 13.2. The average Bonchev–Trinajstić information content (AvgIpc) is 3.49.